The zero-order valence-corrected chi connectivity index (χ0v) is 19.4. The molecule has 2 bridgehead atoms. The second-order valence-corrected chi connectivity index (χ2v) is 9.61. The van der Waals surface area contributed by atoms with Crippen molar-refractivity contribution in [2.75, 3.05) is 12.4 Å². The topological polar surface area (TPSA) is 75.7 Å². The number of allylic oxidation sites excluding steroid dienone is 2. The smallest absolute Gasteiger partial charge is 0.234 e. The maximum Gasteiger partial charge on any atom is 0.234 e. The highest BCUT2D eigenvalue weighted by atomic mass is 16.5. The number of nitrogens with one attached hydrogen (secondary N) is 1. The molecule has 6 rings (SSSR count). The van der Waals surface area contributed by atoms with Gasteiger partial charge in [-0.05, 0) is 47.4 Å². The number of hydrogen-bond acceptors (Lipinski definition) is 4. The molecule has 3 aromatic carbocycles. The van der Waals surface area contributed by atoms with E-state index in [0.717, 1.165) is 22.8 Å². The van der Waals surface area contributed by atoms with Crippen molar-refractivity contribution in [2.45, 2.75) is 18.9 Å². The number of nitrogens with zero attached hydrogens (tertiary/aromatic N) is 1. The Labute approximate surface area is 203 Å². The van der Waals surface area contributed by atoms with Gasteiger partial charge in [-0.3, -0.25) is 19.3 Å². The van der Waals surface area contributed by atoms with Crippen LogP contribution in [0.25, 0.3) is 10.8 Å². The first-order chi connectivity index (χ1) is 17.0. The Morgan fingerprint density at radius 3 is 2.29 bits per heavy atom. The van der Waals surface area contributed by atoms with E-state index < -0.39 is 6.04 Å². The van der Waals surface area contributed by atoms with Crippen LogP contribution in [-0.2, 0) is 14.4 Å². The molecule has 35 heavy (non-hydrogen) atoms. The summed E-state index contributed by atoms with van der Waals surface area (Å²) < 4.78 is 5.28. The summed E-state index contributed by atoms with van der Waals surface area (Å²) in [6, 6.07) is 20.2. The number of benzene rings is 3. The number of likely N-dealkylation sites (tertiary alicyclic amines) is 1. The van der Waals surface area contributed by atoms with Crippen LogP contribution in [0.4, 0.5) is 5.69 Å². The summed E-state index contributed by atoms with van der Waals surface area (Å²) in [5, 5.41) is 4.98. The SMILES string of the molecule is COc1ccc(C(CC(=O)Nc2cccc3ccccc23)N2C(=O)C3C4C=CC(C4)C3C2=O)cc1. The van der Waals surface area contributed by atoms with E-state index in [1.165, 1.54) is 4.90 Å². The van der Waals surface area contributed by atoms with E-state index in [9.17, 15) is 14.4 Å². The van der Waals surface area contributed by atoms with Crippen LogP contribution in [0.3, 0.4) is 0 Å². The summed E-state index contributed by atoms with van der Waals surface area (Å²) in [6.07, 6.45) is 5.01. The monoisotopic (exact) mass is 466 g/mol. The molecular weight excluding hydrogens is 440 g/mol. The summed E-state index contributed by atoms with van der Waals surface area (Å²) >= 11 is 0. The van der Waals surface area contributed by atoms with Crippen molar-refractivity contribution in [3.05, 3.63) is 84.4 Å². The molecule has 5 unspecified atom stereocenters. The molecule has 6 nitrogen and oxygen atoms in total. The Morgan fingerprint density at radius 2 is 1.60 bits per heavy atom. The van der Waals surface area contributed by atoms with E-state index >= 15 is 0 Å². The molecule has 0 radical (unpaired) electrons. The molecule has 2 fully saturated rings. The van der Waals surface area contributed by atoms with Gasteiger partial charge < -0.3 is 10.1 Å². The Hall–Kier alpha value is -3.93. The van der Waals surface area contributed by atoms with Gasteiger partial charge in [0.2, 0.25) is 17.7 Å². The third-order valence-electron chi connectivity index (χ3n) is 7.76. The lowest BCUT2D eigenvalue weighted by molar-refractivity contribution is -0.144. The van der Waals surface area contributed by atoms with E-state index in [2.05, 4.69) is 17.5 Å². The molecule has 3 amide bonds. The normalized spacial score (nSPS) is 25.2. The quantitative estimate of drug-likeness (QED) is 0.421. The number of carbonyl (C=O) groups excluding carboxylic acids is 3. The highest BCUT2D eigenvalue weighted by molar-refractivity contribution is 6.08. The van der Waals surface area contributed by atoms with E-state index in [1.807, 2.05) is 54.6 Å². The molecule has 2 aliphatic carbocycles. The Morgan fingerprint density at radius 1 is 0.943 bits per heavy atom. The fourth-order valence-corrected chi connectivity index (χ4v) is 6.13. The summed E-state index contributed by atoms with van der Waals surface area (Å²) in [4.78, 5) is 41.8. The standard InChI is InChI=1S/C29H26N2O4/c1-35-21-13-11-18(12-14-21)24(31-28(33)26-19-9-10-20(15-19)27(26)29(31)34)16-25(32)30-23-8-4-6-17-5-2-3-7-22(17)23/h2-14,19-20,24,26-27H,15-16H2,1H3,(H,30,32). The van der Waals surface area contributed by atoms with Crippen molar-refractivity contribution >= 4 is 34.2 Å². The van der Waals surface area contributed by atoms with Gasteiger partial charge in [0.25, 0.3) is 0 Å². The molecule has 3 aromatic rings. The van der Waals surface area contributed by atoms with Crippen LogP contribution >= 0.6 is 0 Å². The predicted molar refractivity (Wildman–Crippen MR) is 132 cm³/mol. The average molecular weight is 467 g/mol. The third kappa shape index (κ3) is 3.52. The lowest BCUT2D eigenvalue weighted by Crippen LogP contribution is -2.38. The molecule has 6 heteroatoms. The van der Waals surface area contributed by atoms with E-state index in [-0.39, 0.29) is 47.8 Å². The highest BCUT2D eigenvalue weighted by Gasteiger charge is 2.60. The molecule has 1 heterocycles. The third-order valence-corrected chi connectivity index (χ3v) is 7.76. The van der Waals surface area contributed by atoms with E-state index in [0.29, 0.717) is 11.4 Å². The lowest BCUT2D eigenvalue weighted by atomic mass is 9.85. The van der Waals surface area contributed by atoms with Gasteiger partial charge in [-0.2, -0.15) is 0 Å². The number of methoxy groups -OCH3 is 1. The molecule has 3 aliphatic rings. The number of amides is 3. The summed E-state index contributed by atoms with van der Waals surface area (Å²) in [6.45, 7) is 0. The molecular formula is C29H26N2O4. The van der Waals surface area contributed by atoms with E-state index in [4.69, 9.17) is 4.74 Å². The van der Waals surface area contributed by atoms with Gasteiger partial charge in [-0.1, -0.05) is 60.7 Å². The zero-order chi connectivity index (χ0) is 24.1. The number of hydrogen-bond donors (Lipinski definition) is 1. The maximum atomic E-state index is 13.6. The number of anilines is 1. The highest BCUT2D eigenvalue weighted by Crippen LogP contribution is 2.54. The lowest BCUT2D eigenvalue weighted by Gasteiger charge is -2.28. The van der Waals surface area contributed by atoms with Crippen molar-refractivity contribution in [1.82, 2.24) is 4.90 Å². The van der Waals surface area contributed by atoms with Crippen LogP contribution in [0.5, 0.6) is 5.75 Å². The Bertz CT molecular complexity index is 1330. The van der Waals surface area contributed by atoms with Crippen molar-refractivity contribution < 1.29 is 19.1 Å². The number of ether oxygens (including phenoxy) is 1. The van der Waals surface area contributed by atoms with Gasteiger partial charge in [-0.15, -0.1) is 0 Å². The maximum absolute atomic E-state index is 13.6. The van der Waals surface area contributed by atoms with Crippen LogP contribution in [0.15, 0.2) is 78.9 Å². The van der Waals surface area contributed by atoms with Gasteiger partial charge in [0.15, 0.2) is 0 Å². The second kappa shape index (κ2) is 8.38. The number of carbonyl (C=O) groups is 3. The minimum Gasteiger partial charge on any atom is -0.497 e. The fraction of sp³-hybridized carbons (Fsp3) is 0.276. The molecule has 0 spiro atoms. The molecule has 1 saturated heterocycles. The molecule has 1 aliphatic heterocycles. The molecule has 1 N–H and O–H groups in total. The molecule has 5 atom stereocenters. The van der Waals surface area contributed by atoms with Crippen LogP contribution in [0.1, 0.15) is 24.4 Å². The number of fused-ring (bicyclic) bond motifs is 6. The summed E-state index contributed by atoms with van der Waals surface area (Å²) in [5.74, 6) is -0.267. The second-order valence-electron chi connectivity index (χ2n) is 9.61. The van der Waals surface area contributed by atoms with Gasteiger partial charge in [0.1, 0.15) is 5.75 Å². The van der Waals surface area contributed by atoms with Crippen LogP contribution in [-0.4, -0.2) is 29.7 Å². The van der Waals surface area contributed by atoms with Crippen molar-refractivity contribution in [1.29, 1.82) is 0 Å². The van der Waals surface area contributed by atoms with Crippen LogP contribution < -0.4 is 10.1 Å². The van der Waals surface area contributed by atoms with Gasteiger partial charge in [0.05, 0.1) is 31.4 Å². The molecule has 1 saturated carbocycles. The van der Waals surface area contributed by atoms with Crippen molar-refractivity contribution in [3.8, 4) is 5.75 Å². The van der Waals surface area contributed by atoms with Crippen molar-refractivity contribution in [2.24, 2.45) is 23.7 Å². The first-order valence-corrected chi connectivity index (χ1v) is 12.0. The first-order valence-electron chi connectivity index (χ1n) is 12.0. The largest absolute Gasteiger partial charge is 0.497 e. The Kier molecular flexibility index (Phi) is 5.17. The first kappa shape index (κ1) is 21.6. The van der Waals surface area contributed by atoms with Crippen LogP contribution in [0, 0.1) is 23.7 Å². The number of rotatable bonds is 6. The van der Waals surface area contributed by atoms with E-state index in [1.54, 1.807) is 19.2 Å². The number of imide groups is 1. The minimum atomic E-state index is -0.680. The fourth-order valence-electron chi connectivity index (χ4n) is 6.13. The van der Waals surface area contributed by atoms with Crippen molar-refractivity contribution in [3.63, 3.8) is 0 Å². The van der Waals surface area contributed by atoms with Gasteiger partial charge >= 0.3 is 0 Å². The summed E-state index contributed by atoms with van der Waals surface area (Å²) in [5.41, 5.74) is 1.45. The predicted octanol–water partition coefficient (Wildman–Crippen LogP) is 4.73. The average Bonchev–Trinajstić information content (AvgIpc) is 3.57. The van der Waals surface area contributed by atoms with Gasteiger partial charge in [-0.25, -0.2) is 0 Å². The molecule has 0 aromatic heterocycles. The minimum absolute atomic E-state index is 0.0186. The zero-order valence-electron chi connectivity index (χ0n) is 19.4. The van der Waals surface area contributed by atoms with Gasteiger partial charge in [0, 0.05) is 11.1 Å². The van der Waals surface area contributed by atoms with Crippen LogP contribution in [0.2, 0.25) is 0 Å². The molecule has 176 valence electrons. The Balaban J connectivity index is 1.32. The summed E-state index contributed by atoms with van der Waals surface area (Å²) in [7, 11) is 1.58.